The highest BCUT2D eigenvalue weighted by Gasteiger charge is 2.24. The predicted molar refractivity (Wildman–Crippen MR) is 77.0 cm³/mol. The highest BCUT2D eigenvalue weighted by Crippen LogP contribution is 2.29. The highest BCUT2D eigenvalue weighted by molar-refractivity contribution is 7.09. The first-order chi connectivity index (χ1) is 10.1. The van der Waals surface area contributed by atoms with Gasteiger partial charge in [0.05, 0.1) is 6.54 Å². The molecular formula is C14H17F2N3OS. The Morgan fingerprint density at radius 2 is 2.33 bits per heavy atom. The van der Waals surface area contributed by atoms with E-state index in [2.05, 4.69) is 11.9 Å². The number of hydrogen-bond donors (Lipinski definition) is 0. The Bertz CT molecular complexity index is 689. The fourth-order valence-electron chi connectivity index (χ4n) is 2.91. The van der Waals surface area contributed by atoms with Gasteiger partial charge in [0.1, 0.15) is 5.82 Å². The van der Waals surface area contributed by atoms with Crippen molar-refractivity contribution in [3.8, 4) is 0 Å². The lowest BCUT2D eigenvalue weighted by atomic mass is 9.89. The zero-order valence-corrected chi connectivity index (χ0v) is 12.6. The van der Waals surface area contributed by atoms with E-state index in [1.807, 2.05) is 0 Å². The van der Waals surface area contributed by atoms with Crippen molar-refractivity contribution >= 4 is 11.3 Å². The monoisotopic (exact) mass is 313 g/mol. The minimum Gasteiger partial charge on any atom is -0.295 e. The van der Waals surface area contributed by atoms with Crippen LogP contribution in [0.15, 0.2) is 17.2 Å². The quantitative estimate of drug-likeness (QED) is 0.870. The summed E-state index contributed by atoms with van der Waals surface area (Å²) in [6.07, 6.45) is 6.55. The maximum Gasteiger partial charge on any atom is 0.319 e. The van der Waals surface area contributed by atoms with Crippen LogP contribution in [0.25, 0.3) is 0 Å². The molecule has 0 amide bonds. The van der Waals surface area contributed by atoms with Crippen LogP contribution < -0.4 is 4.87 Å². The van der Waals surface area contributed by atoms with E-state index in [1.54, 1.807) is 4.57 Å². The standard InChI is InChI=1S/C14H17F2N3OS/c1-2-9-3-4-10-11(7-9)21-14(20)19(10)8-12-17-5-6-18(12)13(15)16/h5-6,9,13H,2-4,7-8H2,1H3. The molecule has 0 aliphatic heterocycles. The molecule has 1 aliphatic rings. The molecule has 0 spiro atoms. The molecule has 4 nitrogen and oxygen atoms in total. The zero-order chi connectivity index (χ0) is 15.0. The molecule has 1 unspecified atom stereocenters. The van der Waals surface area contributed by atoms with E-state index in [4.69, 9.17) is 0 Å². The first kappa shape index (κ1) is 14.4. The van der Waals surface area contributed by atoms with Crippen molar-refractivity contribution < 1.29 is 8.78 Å². The number of aromatic nitrogens is 3. The first-order valence-electron chi connectivity index (χ1n) is 7.11. The average Bonchev–Trinajstić information content (AvgIpc) is 3.04. The lowest BCUT2D eigenvalue weighted by Gasteiger charge is -2.21. The van der Waals surface area contributed by atoms with Gasteiger partial charge in [-0.2, -0.15) is 8.78 Å². The number of nitrogens with zero attached hydrogens (tertiary/aromatic N) is 3. The zero-order valence-electron chi connectivity index (χ0n) is 11.8. The Kier molecular flexibility index (Phi) is 3.93. The van der Waals surface area contributed by atoms with Crippen LogP contribution in [0.4, 0.5) is 8.78 Å². The summed E-state index contributed by atoms with van der Waals surface area (Å²) < 4.78 is 28.2. The molecule has 3 rings (SSSR count). The van der Waals surface area contributed by atoms with Gasteiger partial charge in [-0.05, 0) is 25.2 Å². The molecule has 2 aromatic rings. The van der Waals surface area contributed by atoms with E-state index in [9.17, 15) is 13.6 Å². The molecule has 0 radical (unpaired) electrons. The van der Waals surface area contributed by atoms with Crippen LogP contribution in [0.5, 0.6) is 0 Å². The second-order valence-corrected chi connectivity index (χ2v) is 6.42. The summed E-state index contributed by atoms with van der Waals surface area (Å²) >= 11 is 1.25. The highest BCUT2D eigenvalue weighted by atomic mass is 32.1. The van der Waals surface area contributed by atoms with Gasteiger partial charge in [0.25, 0.3) is 0 Å². The Hall–Kier alpha value is -1.50. The van der Waals surface area contributed by atoms with Gasteiger partial charge in [-0.25, -0.2) is 4.98 Å². The Morgan fingerprint density at radius 1 is 1.52 bits per heavy atom. The van der Waals surface area contributed by atoms with Gasteiger partial charge in [0, 0.05) is 23.0 Å². The van der Waals surface area contributed by atoms with Gasteiger partial charge in [0.2, 0.25) is 0 Å². The number of thiazole rings is 1. The van der Waals surface area contributed by atoms with Crippen LogP contribution in [0.1, 0.15) is 42.7 Å². The molecule has 0 bridgehead atoms. The molecule has 0 saturated heterocycles. The number of alkyl halides is 2. The van der Waals surface area contributed by atoms with Crippen LogP contribution in [-0.2, 0) is 19.4 Å². The van der Waals surface area contributed by atoms with E-state index >= 15 is 0 Å². The van der Waals surface area contributed by atoms with Crippen LogP contribution in [0.2, 0.25) is 0 Å². The summed E-state index contributed by atoms with van der Waals surface area (Å²) in [4.78, 5) is 17.2. The van der Waals surface area contributed by atoms with Gasteiger partial charge < -0.3 is 0 Å². The minimum atomic E-state index is -2.63. The summed E-state index contributed by atoms with van der Waals surface area (Å²) in [5.41, 5.74) is 1.01. The number of fused-ring (bicyclic) bond motifs is 1. The maximum absolute atomic E-state index is 12.9. The van der Waals surface area contributed by atoms with Gasteiger partial charge in [-0.15, -0.1) is 0 Å². The summed E-state index contributed by atoms with van der Waals surface area (Å²) in [5.74, 6) is 0.859. The fourth-order valence-corrected chi connectivity index (χ4v) is 4.06. The van der Waals surface area contributed by atoms with E-state index in [0.29, 0.717) is 5.92 Å². The SMILES string of the molecule is CCC1CCc2c(sc(=O)n2Cc2nccn2C(F)F)C1. The van der Waals surface area contributed by atoms with Crippen molar-refractivity contribution in [2.75, 3.05) is 0 Å². The van der Waals surface area contributed by atoms with Crippen LogP contribution in [0, 0.1) is 5.92 Å². The van der Waals surface area contributed by atoms with Gasteiger partial charge in [0.15, 0.2) is 0 Å². The van der Waals surface area contributed by atoms with Crippen LogP contribution >= 0.6 is 11.3 Å². The Morgan fingerprint density at radius 3 is 3.05 bits per heavy atom. The third-order valence-electron chi connectivity index (χ3n) is 4.18. The van der Waals surface area contributed by atoms with Crippen molar-refractivity contribution in [1.82, 2.24) is 14.1 Å². The van der Waals surface area contributed by atoms with Gasteiger partial charge in [-0.1, -0.05) is 24.7 Å². The molecule has 114 valence electrons. The number of halogens is 2. The molecule has 0 aromatic carbocycles. The third-order valence-corrected chi connectivity index (χ3v) is 5.22. The number of hydrogen-bond acceptors (Lipinski definition) is 3. The topological polar surface area (TPSA) is 39.8 Å². The number of imidazole rings is 1. The van der Waals surface area contributed by atoms with Crippen molar-refractivity contribution in [2.24, 2.45) is 5.92 Å². The molecule has 2 aromatic heterocycles. The Balaban J connectivity index is 1.92. The summed E-state index contributed by atoms with van der Waals surface area (Å²) in [7, 11) is 0. The molecule has 7 heteroatoms. The molecule has 1 atom stereocenters. The third kappa shape index (κ3) is 2.66. The molecule has 2 heterocycles. The summed E-state index contributed by atoms with van der Waals surface area (Å²) in [6.45, 7) is -0.342. The second-order valence-electron chi connectivity index (χ2n) is 5.37. The van der Waals surface area contributed by atoms with Crippen molar-refractivity contribution in [1.29, 1.82) is 0 Å². The minimum absolute atomic E-state index is 0.0689. The predicted octanol–water partition coefficient (Wildman–Crippen LogP) is 3.06. The smallest absolute Gasteiger partial charge is 0.295 e. The fraction of sp³-hybridized carbons (Fsp3) is 0.571. The van der Waals surface area contributed by atoms with Crippen LogP contribution in [0.3, 0.4) is 0 Å². The molecule has 0 saturated carbocycles. The number of rotatable bonds is 4. The van der Waals surface area contributed by atoms with Crippen molar-refractivity contribution in [3.05, 3.63) is 38.5 Å². The van der Waals surface area contributed by atoms with Crippen LogP contribution in [-0.4, -0.2) is 14.1 Å². The van der Waals surface area contributed by atoms with Crippen molar-refractivity contribution in [2.45, 2.75) is 45.7 Å². The first-order valence-corrected chi connectivity index (χ1v) is 7.93. The largest absolute Gasteiger partial charge is 0.319 e. The lowest BCUT2D eigenvalue weighted by Crippen LogP contribution is -2.22. The van der Waals surface area contributed by atoms with E-state index in [1.165, 1.54) is 23.7 Å². The molecule has 1 aliphatic carbocycles. The molecule has 0 fully saturated rings. The van der Waals surface area contributed by atoms with Gasteiger partial charge >= 0.3 is 11.4 Å². The van der Waals surface area contributed by atoms with E-state index in [0.717, 1.165) is 40.8 Å². The summed E-state index contributed by atoms with van der Waals surface area (Å²) in [5, 5.41) is 0. The second kappa shape index (κ2) is 5.71. The molecule has 0 N–H and O–H groups in total. The normalized spacial score (nSPS) is 18.2. The maximum atomic E-state index is 12.9. The lowest BCUT2D eigenvalue weighted by molar-refractivity contribution is 0.0666. The molecular weight excluding hydrogens is 296 g/mol. The van der Waals surface area contributed by atoms with Gasteiger partial charge in [-0.3, -0.25) is 13.9 Å². The summed E-state index contributed by atoms with van der Waals surface area (Å²) in [6, 6.07) is 0. The van der Waals surface area contributed by atoms with Crippen molar-refractivity contribution in [3.63, 3.8) is 0 Å². The Labute approximate surface area is 125 Å². The molecule has 21 heavy (non-hydrogen) atoms. The van der Waals surface area contributed by atoms with E-state index in [-0.39, 0.29) is 17.2 Å². The average molecular weight is 313 g/mol. The van der Waals surface area contributed by atoms with E-state index < -0.39 is 6.55 Å².